The number of rotatable bonds is 3. The van der Waals surface area contributed by atoms with Gasteiger partial charge in [-0.2, -0.15) is 0 Å². The summed E-state index contributed by atoms with van der Waals surface area (Å²) in [4.78, 5) is 26.8. The Morgan fingerprint density at radius 3 is 2.56 bits per heavy atom. The van der Waals surface area contributed by atoms with Gasteiger partial charge in [-0.1, -0.05) is 28.1 Å². The molecule has 2 aliphatic rings. The van der Waals surface area contributed by atoms with Gasteiger partial charge in [0.25, 0.3) is 0 Å². The summed E-state index contributed by atoms with van der Waals surface area (Å²) in [5, 5.41) is 0. The molecule has 134 valence electrons. The third-order valence-corrected chi connectivity index (χ3v) is 5.15. The normalized spacial score (nSPS) is 20.7. The highest BCUT2D eigenvalue weighted by atomic mass is 79.9. The molecule has 3 rings (SSSR count). The monoisotopic (exact) mass is 405 g/mol. The number of allylic oxidation sites excluding steroid dienone is 1. The van der Waals surface area contributed by atoms with Gasteiger partial charge in [-0.15, -0.1) is 0 Å². The smallest absolute Gasteiger partial charge is 0.336 e. The van der Waals surface area contributed by atoms with Crippen molar-refractivity contribution in [3.63, 3.8) is 0 Å². The van der Waals surface area contributed by atoms with Crippen LogP contribution in [0.3, 0.4) is 0 Å². The maximum atomic E-state index is 12.7. The molecule has 5 heteroatoms. The van der Waals surface area contributed by atoms with Gasteiger partial charge in [0.05, 0.1) is 5.57 Å². The molecule has 1 fully saturated rings. The number of amides is 1. The minimum atomic E-state index is -0.531. The van der Waals surface area contributed by atoms with E-state index < -0.39 is 5.60 Å². The Kier molecular flexibility index (Phi) is 5.05. The minimum absolute atomic E-state index is 0.126. The molecular weight excluding hydrogens is 382 g/mol. The van der Waals surface area contributed by atoms with Crippen molar-refractivity contribution in [1.82, 2.24) is 4.90 Å². The second-order valence-corrected chi connectivity index (χ2v) is 8.64. The molecular formula is C20H24BrNO3. The fraction of sp³-hybridized carbons (Fsp3) is 0.500. The van der Waals surface area contributed by atoms with Gasteiger partial charge >= 0.3 is 5.97 Å². The summed E-state index contributed by atoms with van der Waals surface area (Å²) in [6, 6.07) is 8.23. The summed E-state index contributed by atoms with van der Waals surface area (Å²) >= 11 is 3.45. The highest BCUT2D eigenvalue weighted by molar-refractivity contribution is 9.10. The third-order valence-electron chi connectivity index (χ3n) is 4.62. The van der Waals surface area contributed by atoms with Gasteiger partial charge in [0.2, 0.25) is 5.91 Å². The van der Waals surface area contributed by atoms with Gasteiger partial charge in [0.1, 0.15) is 5.60 Å². The Morgan fingerprint density at radius 1 is 1.24 bits per heavy atom. The van der Waals surface area contributed by atoms with E-state index in [1.807, 2.05) is 37.8 Å². The molecule has 25 heavy (non-hydrogen) atoms. The summed E-state index contributed by atoms with van der Waals surface area (Å²) in [6.45, 7) is 6.31. The average Bonchev–Trinajstić information content (AvgIpc) is 2.93. The molecule has 1 aromatic rings. The zero-order chi connectivity index (χ0) is 18.2. The largest absolute Gasteiger partial charge is 0.457 e. The van der Waals surface area contributed by atoms with Crippen molar-refractivity contribution >= 4 is 27.8 Å². The summed E-state index contributed by atoms with van der Waals surface area (Å²) in [5.41, 5.74) is 2.27. The standard InChI is InChI=1S/C20H24BrNO3/c1-20(2,3)25-19(24)16-8-9-17(23)22-11-10-14(18(16)22)12-13-4-6-15(21)7-5-13/h4-7,14H,8-12H2,1-3H3. The van der Waals surface area contributed by atoms with Crippen LogP contribution in [0.25, 0.3) is 0 Å². The first kappa shape index (κ1) is 18.2. The van der Waals surface area contributed by atoms with Crippen LogP contribution in [0.5, 0.6) is 0 Å². The summed E-state index contributed by atoms with van der Waals surface area (Å²) in [7, 11) is 0. The molecule has 4 nitrogen and oxygen atoms in total. The summed E-state index contributed by atoms with van der Waals surface area (Å²) in [6.07, 6.45) is 2.60. The number of carbonyl (C=O) groups is 2. The average molecular weight is 406 g/mol. The number of nitrogens with zero attached hydrogens (tertiary/aromatic N) is 1. The quantitative estimate of drug-likeness (QED) is 0.706. The number of fused-ring (bicyclic) bond motifs is 1. The van der Waals surface area contributed by atoms with Crippen LogP contribution in [0.2, 0.25) is 0 Å². The van der Waals surface area contributed by atoms with E-state index >= 15 is 0 Å². The summed E-state index contributed by atoms with van der Waals surface area (Å²) in [5.74, 6) is 0.0382. The van der Waals surface area contributed by atoms with Gasteiger partial charge in [-0.3, -0.25) is 4.79 Å². The van der Waals surface area contributed by atoms with Gasteiger partial charge in [0.15, 0.2) is 0 Å². The van der Waals surface area contributed by atoms with Crippen molar-refractivity contribution in [2.45, 2.75) is 52.1 Å². The number of hydrogen-bond donors (Lipinski definition) is 0. The molecule has 0 saturated carbocycles. The second-order valence-electron chi connectivity index (χ2n) is 7.73. The van der Waals surface area contributed by atoms with Crippen LogP contribution in [0.1, 0.15) is 45.6 Å². The summed E-state index contributed by atoms with van der Waals surface area (Å²) < 4.78 is 6.64. The first-order valence-electron chi connectivity index (χ1n) is 8.76. The fourth-order valence-corrected chi connectivity index (χ4v) is 3.84. The second kappa shape index (κ2) is 6.94. The minimum Gasteiger partial charge on any atom is -0.457 e. The van der Waals surface area contributed by atoms with E-state index in [1.54, 1.807) is 0 Å². The molecule has 0 bridgehead atoms. The Labute approximate surface area is 157 Å². The van der Waals surface area contributed by atoms with Crippen LogP contribution < -0.4 is 0 Å². The van der Waals surface area contributed by atoms with E-state index in [4.69, 9.17) is 4.74 Å². The van der Waals surface area contributed by atoms with Crippen molar-refractivity contribution in [3.8, 4) is 0 Å². The molecule has 1 atom stereocenters. The van der Waals surface area contributed by atoms with E-state index in [0.717, 1.165) is 23.0 Å². The molecule has 1 amide bonds. The number of esters is 1. The van der Waals surface area contributed by atoms with Gasteiger partial charge < -0.3 is 9.64 Å². The molecule has 0 radical (unpaired) electrons. The molecule has 1 unspecified atom stereocenters. The van der Waals surface area contributed by atoms with Gasteiger partial charge in [-0.05, 0) is 57.7 Å². The van der Waals surface area contributed by atoms with Crippen molar-refractivity contribution in [2.24, 2.45) is 5.92 Å². The maximum absolute atomic E-state index is 12.7. The van der Waals surface area contributed by atoms with Crippen LogP contribution in [0.15, 0.2) is 40.0 Å². The number of hydrogen-bond acceptors (Lipinski definition) is 3. The lowest BCUT2D eigenvalue weighted by Crippen LogP contribution is -2.35. The molecule has 0 spiro atoms. The number of benzene rings is 1. The van der Waals surface area contributed by atoms with E-state index in [-0.39, 0.29) is 17.8 Å². The SMILES string of the molecule is CC(C)(C)OC(=O)C1=C2C(Cc3ccc(Br)cc3)CCN2C(=O)CC1. The van der Waals surface area contributed by atoms with Crippen molar-refractivity contribution < 1.29 is 14.3 Å². The highest BCUT2D eigenvalue weighted by Gasteiger charge is 2.39. The predicted octanol–water partition coefficient (Wildman–Crippen LogP) is 4.23. The predicted molar refractivity (Wildman–Crippen MR) is 99.8 cm³/mol. The van der Waals surface area contributed by atoms with E-state index in [9.17, 15) is 9.59 Å². The van der Waals surface area contributed by atoms with Crippen LogP contribution in [0, 0.1) is 5.92 Å². The van der Waals surface area contributed by atoms with Crippen LogP contribution in [0.4, 0.5) is 0 Å². The van der Waals surface area contributed by atoms with Crippen LogP contribution >= 0.6 is 15.9 Å². The van der Waals surface area contributed by atoms with Crippen LogP contribution in [-0.4, -0.2) is 28.9 Å². The Bertz CT molecular complexity index is 715. The Morgan fingerprint density at radius 2 is 1.92 bits per heavy atom. The molecule has 0 aromatic heterocycles. The van der Waals surface area contributed by atoms with Gasteiger partial charge in [0, 0.05) is 29.1 Å². The van der Waals surface area contributed by atoms with Crippen molar-refractivity contribution in [2.75, 3.05) is 6.54 Å². The molecule has 0 N–H and O–H groups in total. The van der Waals surface area contributed by atoms with E-state index in [0.29, 0.717) is 25.0 Å². The molecule has 2 aliphatic heterocycles. The lowest BCUT2D eigenvalue weighted by Gasteiger charge is -2.30. The lowest BCUT2D eigenvalue weighted by atomic mass is 9.90. The van der Waals surface area contributed by atoms with Crippen LogP contribution in [-0.2, 0) is 20.7 Å². The van der Waals surface area contributed by atoms with E-state index in [2.05, 4.69) is 28.1 Å². The first-order valence-corrected chi connectivity index (χ1v) is 9.55. The van der Waals surface area contributed by atoms with Gasteiger partial charge in [-0.25, -0.2) is 4.79 Å². The zero-order valence-corrected chi connectivity index (χ0v) is 16.6. The number of ether oxygens (including phenoxy) is 1. The molecule has 0 aliphatic carbocycles. The first-order chi connectivity index (χ1) is 11.7. The van der Waals surface area contributed by atoms with Crippen molar-refractivity contribution in [3.05, 3.63) is 45.6 Å². The Hall–Kier alpha value is -1.62. The molecule has 2 heterocycles. The highest BCUT2D eigenvalue weighted by Crippen LogP contribution is 2.39. The third kappa shape index (κ3) is 4.14. The zero-order valence-electron chi connectivity index (χ0n) is 15.0. The maximum Gasteiger partial charge on any atom is 0.336 e. The number of carbonyl (C=O) groups excluding carboxylic acids is 2. The van der Waals surface area contributed by atoms with E-state index in [1.165, 1.54) is 5.56 Å². The topological polar surface area (TPSA) is 46.6 Å². The fourth-order valence-electron chi connectivity index (χ4n) is 3.58. The molecule has 1 aromatic carbocycles. The Balaban J connectivity index is 1.90. The lowest BCUT2D eigenvalue weighted by molar-refractivity contribution is -0.150. The van der Waals surface area contributed by atoms with Crippen molar-refractivity contribution in [1.29, 1.82) is 0 Å². The molecule has 1 saturated heterocycles. The number of halogens is 1.